The van der Waals surface area contributed by atoms with E-state index in [1.807, 2.05) is 29.2 Å². The van der Waals surface area contributed by atoms with Crippen molar-refractivity contribution in [3.63, 3.8) is 0 Å². The summed E-state index contributed by atoms with van der Waals surface area (Å²) in [6, 6.07) is 10.5. The van der Waals surface area contributed by atoms with Gasteiger partial charge in [0.15, 0.2) is 5.82 Å². The first-order chi connectivity index (χ1) is 18.4. The van der Waals surface area contributed by atoms with Gasteiger partial charge in [-0.1, -0.05) is 31.4 Å². The van der Waals surface area contributed by atoms with Gasteiger partial charge in [0.2, 0.25) is 0 Å². The largest absolute Gasteiger partial charge is 0.491 e. The predicted molar refractivity (Wildman–Crippen MR) is 151 cm³/mol. The van der Waals surface area contributed by atoms with Crippen LogP contribution in [0, 0.1) is 0 Å². The molecule has 2 amide bonds. The van der Waals surface area contributed by atoms with Gasteiger partial charge in [0.05, 0.1) is 0 Å². The van der Waals surface area contributed by atoms with Crippen molar-refractivity contribution in [1.82, 2.24) is 25.1 Å². The molecule has 38 heavy (non-hydrogen) atoms. The monoisotopic (exact) mass is 524 g/mol. The van der Waals surface area contributed by atoms with E-state index in [2.05, 4.69) is 23.3 Å². The third kappa shape index (κ3) is 7.14. The Balaban J connectivity index is 1.59. The zero-order valence-electron chi connectivity index (χ0n) is 23.4. The zero-order valence-corrected chi connectivity index (χ0v) is 23.4. The number of ether oxygens (including phenoxy) is 1. The molecule has 2 fully saturated rings. The molecule has 1 saturated heterocycles. The van der Waals surface area contributed by atoms with Crippen LogP contribution < -0.4 is 15.0 Å². The van der Waals surface area contributed by atoms with Crippen molar-refractivity contribution in [3.8, 4) is 17.1 Å². The number of rotatable bonds is 9. The van der Waals surface area contributed by atoms with Crippen molar-refractivity contribution in [2.45, 2.75) is 63.0 Å². The van der Waals surface area contributed by atoms with Gasteiger partial charge in [0.1, 0.15) is 24.3 Å². The molecular weight excluding hydrogens is 480 g/mol. The van der Waals surface area contributed by atoms with Crippen molar-refractivity contribution in [2.24, 2.45) is 0 Å². The molecule has 9 nitrogen and oxygen atoms in total. The molecule has 208 valence electrons. The zero-order chi connectivity index (χ0) is 27.1. The molecule has 2 aliphatic rings. The molecule has 0 radical (unpaired) electrons. The molecule has 1 aromatic carbocycles. The lowest BCUT2D eigenvalue weighted by Crippen LogP contribution is -2.43. The van der Waals surface area contributed by atoms with Crippen molar-refractivity contribution in [1.29, 1.82) is 0 Å². The van der Waals surface area contributed by atoms with Gasteiger partial charge in [-0.15, -0.1) is 0 Å². The van der Waals surface area contributed by atoms with E-state index in [1.54, 1.807) is 26.0 Å². The third-order valence-electron chi connectivity index (χ3n) is 7.76. The lowest BCUT2D eigenvalue weighted by atomic mass is 9.92. The number of aromatic nitrogens is 2. The summed E-state index contributed by atoms with van der Waals surface area (Å²) in [4.78, 5) is 28.5. The Labute approximate surface area is 227 Å². The second kappa shape index (κ2) is 13.2. The maximum atomic E-state index is 12.5. The van der Waals surface area contributed by atoms with Crippen LogP contribution in [0.1, 0.15) is 56.6 Å². The smallest absolute Gasteiger partial charge is 0.319 e. The van der Waals surface area contributed by atoms with Crippen molar-refractivity contribution < 1.29 is 14.6 Å². The second-order valence-corrected chi connectivity index (χ2v) is 10.9. The second-order valence-electron chi connectivity index (χ2n) is 10.9. The lowest BCUT2D eigenvalue weighted by molar-refractivity contribution is 0.108. The van der Waals surface area contributed by atoms with Gasteiger partial charge in [-0.3, -0.25) is 0 Å². The molecule has 1 aliphatic heterocycles. The molecule has 1 atom stereocenters. The fourth-order valence-corrected chi connectivity index (χ4v) is 5.49. The fourth-order valence-electron chi connectivity index (χ4n) is 5.49. The molecule has 2 heterocycles. The molecule has 0 spiro atoms. The molecule has 1 aromatic heterocycles. The summed E-state index contributed by atoms with van der Waals surface area (Å²) in [5.74, 6) is 2.61. The summed E-state index contributed by atoms with van der Waals surface area (Å²) >= 11 is 0. The highest BCUT2D eigenvalue weighted by molar-refractivity contribution is 5.74. The number of benzene rings is 1. The van der Waals surface area contributed by atoms with Gasteiger partial charge >= 0.3 is 6.03 Å². The topological polar surface area (TPSA) is 94.1 Å². The van der Waals surface area contributed by atoms with Crippen LogP contribution in [0.2, 0.25) is 0 Å². The normalized spacial score (nSPS) is 17.8. The number of aliphatic hydroxyl groups is 1. The Morgan fingerprint density at radius 2 is 1.84 bits per heavy atom. The van der Waals surface area contributed by atoms with Gasteiger partial charge in [0, 0.05) is 70.1 Å². The number of nitrogens with zero attached hydrogens (tertiary/aromatic N) is 5. The number of likely N-dealkylation sites (N-methyl/N-ethyl adjacent to an activating group) is 1. The minimum absolute atomic E-state index is 0.0706. The molecule has 1 unspecified atom stereocenters. The van der Waals surface area contributed by atoms with Gasteiger partial charge < -0.3 is 29.9 Å². The first kappa shape index (κ1) is 28.1. The van der Waals surface area contributed by atoms with E-state index in [-0.39, 0.29) is 18.6 Å². The minimum Gasteiger partial charge on any atom is -0.491 e. The summed E-state index contributed by atoms with van der Waals surface area (Å²) in [5, 5.41) is 13.0. The Morgan fingerprint density at radius 1 is 1.11 bits per heavy atom. The number of hydrogen-bond donors (Lipinski definition) is 2. The summed E-state index contributed by atoms with van der Waals surface area (Å²) in [6.07, 6.45) is 7.40. The molecule has 2 aromatic rings. The number of carbonyl (C=O) groups excluding carboxylic acids is 1. The molecule has 2 N–H and O–H groups in total. The van der Waals surface area contributed by atoms with Crippen LogP contribution in [-0.4, -0.2) is 97.5 Å². The van der Waals surface area contributed by atoms with E-state index < -0.39 is 6.10 Å². The Kier molecular flexibility index (Phi) is 9.80. The van der Waals surface area contributed by atoms with Crippen LogP contribution in [0.25, 0.3) is 11.4 Å². The minimum atomic E-state index is -0.579. The van der Waals surface area contributed by atoms with Crippen LogP contribution in [-0.2, 0) is 0 Å². The third-order valence-corrected chi connectivity index (χ3v) is 7.76. The van der Waals surface area contributed by atoms with Crippen LogP contribution in [0.5, 0.6) is 5.75 Å². The standard InChI is InChI=1S/C29H44N6O3/c1-30-19-24(36)20-38-25-12-8-9-22(17-25)28-31-26(21-13-15-35(16-14-21)29(37)33(2)3)18-27(32-28)34(4)23-10-6-5-7-11-23/h8-9,12,17-18,21,23-24,30,36H,5-7,10-11,13-16,19-20H2,1-4H3. The highest BCUT2D eigenvalue weighted by Crippen LogP contribution is 2.33. The first-order valence-corrected chi connectivity index (χ1v) is 14.0. The number of nitrogens with one attached hydrogen (secondary N) is 1. The summed E-state index contributed by atoms with van der Waals surface area (Å²) < 4.78 is 5.86. The van der Waals surface area contributed by atoms with E-state index in [0.717, 1.165) is 43.0 Å². The van der Waals surface area contributed by atoms with Crippen LogP contribution in [0.3, 0.4) is 0 Å². The molecule has 1 saturated carbocycles. The number of hydrogen-bond acceptors (Lipinski definition) is 7. The SMILES string of the molecule is CNCC(O)COc1cccc(-c2nc(C3CCN(C(=O)N(C)C)CC3)cc(N(C)C3CCCCC3)n2)c1. The van der Waals surface area contributed by atoms with E-state index >= 15 is 0 Å². The molecule has 9 heteroatoms. The number of carbonyl (C=O) groups is 1. The number of aliphatic hydroxyl groups excluding tert-OH is 1. The Hall–Kier alpha value is -2.91. The fraction of sp³-hybridized carbons (Fsp3) is 0.621. The van der Waals surface area contributed by atoms with E-state index in [1.165, 1.54) is 32.1 Å². The summed E-state index contributed by atoms with van der Waals surface area (Å²) in [6.45, 7) is 2.14. The van der Waals surface area contributed by atoms with Crippen LogP contribution >= 0.6 is 0 Å². The Bertz CT molecular complexity index is 1050. The number of anilines is 1. The van der Waals surface area contributed by atoms with E-state index in [0.29, 0.717) is 24.2 Å². The maximum Gasteiger partial charge on any atom is 0.319 e. The van der Waals surface area contributed by atoms with Gasteiger partial charge in [-0.2, -0.15) is 0 Å². The lowest BCUT2D eigenvalue weighted by Gasteiger charge is -2.35. The van der Waals surface area contributed by atoms with Crippen LogP contribution in [0.15, 0.2) is 30.3 Å². The highest BCUT2D eigenvalue weighted by Gasteiger charge is 2.28. The summed E-state index contributed by atoms with van der Waals surface area (Å²) in [7, 11) is 7.57. The number of likely N-dealkylation sites (tertiary alicyclic amines) is 1. The first-order valence-electron chi connectivity index (χ1n) is 14.0. The number of urea groups is 1. The van der Waals surface area contributed by atoms with Gasteiger partial charge in [-0.05, 0) is 44.9 Å². The summed E-state index contributed by atoms with van der Waals surface area (Å²) in [5.41, 5.74) is 1.94. The average molecular weight is 525 g/mol. The van der Waals surface area contributed by atoms with E-state index in [9.17, 15) is 9.90 Å². The number of piperidine rings is 1. The van der Waals surface area contributed by atoms with Crippen molar-refractivity contribution in [3.05, 3.63) is 36.0 Å². The van der Waals surface area contributed by atoms with Crippen LogP contribution in [0.4, 0.5) is 10.6 Å². The maximum absolute atomic E-state index is 12.5. The predicted octanol–water partition coefficient (Wildman–Crippen LogP) is 3.73. The van der Waals surface area contributed by atoms with Crippen molar-refractivity contribution >= 4 is 11.8 Å². The average Bonchev–Trinajstić information content (AvgIpc) is 2.96. The molecular formula is C29H44N6O3. The van der Waals surface area contributed by atoms with Gasteiger partial charge in [0.25, 0.3) is 0 Å². The van der Waals surface area contributed by atoms with E-state index in [4.69, 9.17) is 14.7 Å². The quantitative estimate of drug-likeness (QED) is 0.516. The number of amides is 2. The van der Waals surface area contributed by atoms with Crippen molar-refractivity contribution in [2.75, 3.05) is 59.3 Å². The molecule has 0 bridgehead atoms. The molecule has 4 rings (SSSR count). The van der Waals surface area contributed by atoms with Gasteiger partial charge in [-0.25, -0.2) is 14.8 Å². The highest BCUT2D eigenvalue weighted by atomic mass is 16.5. The Morgan fingerprint density at radius 3 is 2.53 bits per heavy atom. The molecule has 1 aliphatic carbocycles.